The van der Waals surface area contributed by atoms with E-state index < -0.39 is 46.4 Å². The lowest BCUT2D eigenvalue weighted by molar-refractivity contribution is -0.155. The smallest absolute Gasteiger partial charge is 0.405 e. The molecule has 31 heavy (non-hydrogen) atoms. The van der Waals surface area contributed by atoms with Gasteiger partial charge in [0, 0.05) is 24.3 Å². The number of amides is 3. The van der Waals surface area contributed by atoms with Gasteiger partial charge in [-0.3, -0.25) is 9.59 Å². The summed E-state index contributed by atoms with van der Waals surface area (Å²) in [6, 6.07) is 2.63. The standard InChI is InChI=1S/C21H28FN3O6/c1-19(2,3)20(4,31-18(23)28)17(27)25-15-16(26)24-13-6-5-12(22)11-14(13)30-21(15)7-9-29-10-8-21/h5-6,11,15H,7-10H2,1-4H3,(H2,23,28)(H,24,26)(H,25,27)/t15-,20-/m1/s1. The highest BCUT2D eigenvalue weighted by molar-refractivity contribution is 6.01. The second kappa shape index (κ2) is 7.99. The van der Waals surface area contributed by atoms with Crippen molar-refractivity contribution >= 4 is 23.6 Å². The van der Waals surface area contributed by atoms with E-state index in [0.29, 0.717) is 18.9 Å². The van der Waals surface area contributed by atoms with E-state index in [9.17, 15) is 18.8 Å². The molecule has 9 nitrogen and oxygen atoms in total. The highest BCUT2D eigenvalue weighted by atomic mass is 19.1. The summed E-state index contributed by atoms with van der Waals surface area (Å²) in [5.41, 5.74) is 1.81. The monoisotopic (exact) mass is 437 g/mol. The van der Waals surface area contributed by atoms with E-state index in [2.05, 4.69) is 10.6 Å². The minimum absolute atomic E-state index is 0.166. The van der Waals surface area contributed by atoms with Gasteiger partial charge in [0.1, 0.15) is 23.2 Å². The van der Waals surface area contributed by atoms with Crippen molar-refractivity contribution in [3.05, 3.63) is 24.0 Å². The molecule has 2 heterocycles. The highest BCUT2D eigenvalue weighted by Gasteiger charge is 2.54. The molecular weight excluding hydrogens is 409 g/mol. The Morgan fingerprint density at radius 3 is 2.48 bits per heavy atom. The summed E-state index contributed by atoms with van der Waals surface area (Å²) >= 11 is 0. The highest BCUT2D eigenvalue weighted by Crippen LogP contribution is 2.40. The average Bonchev–Trinajstić information content (AvgIpc) is 2.76. The zero-order valence-corrected chi connectivity index (χ0v) is 18.0. The van der Waals surface area contributed by atoms with Crippen molar-refractivity contribution in [2.75, 3.05) is 18.5 Å². The van der Waals surface area contributed by atoms with E-state index in [-0.39, 0.29) is 18.6 Å². The van der Waals surface area contributed by atoms with E-state index in [1.165, 1.54) is 25.1 Å². The summed E-state index contributed by atoms with van der Waals surface area (Å²) in [5, 5.41) is 5.40. The van der Waals surface area contributed by atoms with E-state index in [1.54, 1.807) is 20.8 Å². The first kappa shape index (κ1) is 22.8. The van der Waals surface area contributed by atoms with Crippen molar-refractivity contribution in [1.29, 1.82) is 0 Å². The summed E-state index contributed by atoms with van der Waals surface area (Å²) in [5.74, 6) is -1.59. The molecule has 0 bridgehead atoms. The van der Waals surface area contributed by atoms with Crippen LogP contribution in [0.1, 0.15) is 40.5 Å². The van der Waals surface area contributed by atoms with Gasteiger partial charge in [-0.15, -0.1) is 0 Å². The van der Waals surface area contributed by atoms with Crippen molar-refractivity contribution in [3.63, 3.8) is 0 Å². The van der Waals surface area contributed by atoms with Crippen molar-refractivity contribution in [1.82, 2.24) is 5.32 Å². The maximum Gasteiger partial charge on any atom is 0.405 e. The summed E-state index contributed by atoms with van der Waals surface area (Å²) in [7, 11) is 0. The second-order valence-corrected chi connectivity index (χ2v) is 9.02. The summed E-state index contributed by atoms with van der Waals surface area (Å²) in [4.78, 5) is 38.1. The fourth-order valence-electron chi connectivity index (χ4n) is 3.72. The Labute approximate surface area is 179 Å². The molecule has 2 atom stereocenters. The Morgan fingerprint density at radius 2 is 1.90 bits per heavy atom. The molecule has 2 aliphatic rings. The predicted octanol–water partition coefficient (Wildman–Crippen LogP) is 2.09. The van der Waals surface area contributed by atoms with Gasteiger partial charge in [-0.25, -0.2) is 9.18 Å². The third kappa shape index (κ3) is 4.30. The number of primary amides is 1. The number of fused-ring (bicyclic) bond motifs is 1. The van der Waals surface area contributed by atoms with Crippen LogP contribution in [0.4, 0.5) is 14.9 Å². The van der Waals surface area contributed by atoms with Crippen molar-refractivity contribution in [3.8, 4) is 5.75 Å². The van der Waals surface area contributed by atoms with Crippen molar-refractivity contribution in [2.24, 2.45) is 11.1 Å². The summed E-state index contributed by atoms with van der Waals surface area (Å²) in [6.07, 6.45) is -0.549. The van der Waals surface area contributed by atoms with Crippen LogP contribution in [0.25, 0.3) is 0 Å². The fourth-order valence-corrected chi connectivity index (χ4v) is 3.72. The Hall–Kier alpha value is -2.88. The molecule has 10 heteroatoms. The van der Waals surface area contributed by atoms with Gasteiger partial charge >= 0.3 is 6.09 Å². The number of halogens is 1. The molecule has 1 fully saturated rings. The number of benzene rings is 1. The molecular formula is C21H28FN3O6. The van der Waals surface area contributed by atoms with Gasteiger partial charge in [0.15, 0.2) is 5.60 Å². The molecule has 0 saturated carbocycles. The van der Waals surface area contributed by atoms with Crippen molar-refractivity contribution in [2.45, 2.75) is 57.8 Å². The molecule has 0 unspecified atom stereocenters. The van der Waals surface area contributed by atoms with Crippen LogP contribution in [0.15, 0.2) is 18.2 Å². The van der Waals surface area contributed by atoms with E-state index in [0.717, 1.165) is 0 Å². The number of nitrogens with two attached hydrogens (primary N) is 1. The molecule has 4 N–H and O–H groups in total. The Balaban J connectivity index is 2.00. The van der Waals surface area contributed by atoms with Crippen LogP contribution in [-0.2, 0) is 19.1 Å². The van der Waals surface area contributed by atoms with Gasteiger partial charge in [0.2, 0.25) is 0 Å². The van der Waals surface area contributed by atoms with Crippen LogP contribution in [-0.4, -0.2) is 48.4 Å². The Kier molecular flexibility index (Phi) is 5.88. The van der Waals surface area contributed by atoms with Crippen LogP contribution < -0.4 is 21.1 Å². The molecule has 2 aliphatic heterocycles. The summed E-state index contributed by atoms with van der Waals surface area (Å²) < 4.78 is 30.7. The molecule has 1 aromatic rings. The first-order chi connectivity index (χ1) is 14.4. The normalized spacial score (nSPS) is 22.2. The molecule has 3 rings (SSSR count). The number of carbonyl (C=O) groups is 3. The summed E-state index contributed by atoms with van der Waals surface area (Å²) in [6.45, 7) is 7.15. The van der Waals surface area contributed by atoms with Crippen LogP contribution in [0.5, 0.6) is 5.75 Å². The third-order valence-electron chi connectivity index (χ3n) is 6.09. The number of carbonyl (C=O) groups excluding carboxylic acids is 3. The molecule has 0 radical (unpaired) electrons. The van der Waals surface area contributed by atoms with E-state index in [4.69, 9.17) is 19.9 Å². The number of hydrogen-bond donors (Lipinski definition) is 3. The Bertz CT molecular complexity index is 894. The van der Waals surface area contributed by atoms with Crippen LogP contribution in [0.3, 0.4) is 0 Å². The lowest BCUT2D eigenvalue weighted by Gasteiger charge is -2.44. The van der Waals surface area contributed by atoms with Crippen LogP contribution >= 0.6 is 0 Å². The Morgan fingerprint density at radius 1 is 1.26 bits per heavy atom. The number of nitrogens with one attached hydrogen (secondary N) is 2. The minimum atomic E-state index is -1.67. The third-order valence-corrected chi connectivity index (χ3v) is 6.09. The van der Waals surface area contributed by atoms with E-state index in [1.807, 2.05) is 0 Å². The zero-order valence-electron chi connectivity index (χ0n) is 18.0. The number of hydrogen-bond acceptors (Lipinski definition) is 6. The largest absolute Gasteiger partial charge is 0.482 e. The zero-order chi connectivity index (χ0) is 23.0. The maximum atomic E-state index is 13.8. The lowest BCUT2D eigenvalue weighted by Crippen LogP contribution is -2.67. The molecule has 1 spiro atoms. The first-order valence-corrected chi connectivity index (χ1v) is 10.0. The molecule has 1 aromatic carbocycles. The van der Waals surface area contributed by atoms with Gasteiger partial charge in [0.05, 0.1) is 18.9 Å². The fraction of sp³-hybridized carbons (Fsp3) is 0.571. The van der Waals surface area contributed by atoms with Crippen LogP contribution in [0.2, 0.25) is 0 Å². The van der Waals surface area contributed by atoms with Crippen LogP contribution in [0, 0.1) is 11.2 Å². The molecule has 3 amide bonds. The number of rotatable bonds is 3. The molecule has 170 valence electrons. The molecule has 0 aliphatic carbocycles. The average molecular weight is 437 g/mol. The van der Waals surface area contributed by atoms with Gasteiger partial charge in [-0.1, -0.05) is 20.8 Å². The molecule has 0 aromatic heterocycles. The lowest BCUT2D eigenvalue weighted by atomic mass is 9.76. The first-order valence-electron chi connectivity index (χ1n) is 10.0. The van der Waals surface area contributed by atoms with Crippen molar-refractivity contribution < 1.29 is 33.0 Å². The number of ether oxygens (including phenoxy) is 3. The van der Waals surface area contributed by atoms with E-state index >= 15 is 0 Å². The van der Waals surface area contributed by atoms with Gasteiger partial charge < -0.3 is 30.6 Å². The number of anilines is 1. The predicted molar refractivity (Wildman–Crippen MR) is 109 cm³/mol. The SMILES string of the molecule is CC(C)(C)[C@](C)(OC(N)=O)C(=O)N[C@@H]1C(=O)Nc2ccc(F)cc2OC12CCOCC2. The van der Waals surface area contributed by atoms with Gasteiger partial charge in [-0.2, -0.15) is 0 Å². The topological polar surface area (TPSA) is 129 Å². The quantitative estimate of drug-likeness (QED) is 0.664. The second-order valence-electron chi connectivity index (χ2n) is 9.02. The maximum absolute atomic E-state index is 13.8. The van der Waals surface area contributed by atoms with Gasteiger partial charge in [-0.05, 0) is 19.1 Å². The minimum Gasteiger partial charge on any atom is -0.482 e. The van der Waals surface area contributed by atoms with Gasteiger partial charge in [0.25, 0.3) is 11.8 Å². The molecule has 1 saturated heterocycles.